The van der Waals surface area contributed by atoms with Crippen LogP contribution in [0.4, 0.5) is 0 Å². The molecule has 0 aromatic heterocycles. The lowest BCUT2D eigenvalue weighted by Gasteiger charge is -1.82. The Hall–Kier alpha value is -0.830. The van der Waals surface area contributed by atoms with Crippen molar-refractivity contribution in [1.82, 2.24) is 0 Å². The van der Waals surface area contributed by atoms with Crippen LogP contribution in [-0.2, 0) is 0 Å². The molecule has 7 heavy (non-hydrogen) atoms. The Kier molecular flexibility index (Phi) is 12.1. The average Bonchev–Trinajstić information content (AvgIpc) is 1.73. The van der Waals surface area contributed by atoms with Crippen LogP contribution >= 0.6 is 0 Å². The summed E-state index contributed by atoms with van der Waals surface area (Å²) >= 11 is 0. The Morgan fingerprint density at radius 3 is 1.71 bits per heavy atom. The first-order valence-corrected chi connectivity index (χ1v) is 1.76. The molecule has 0 saturated carbocycles. The molecule has 3 heteroatoms. The van der Waals surface area contributed by atoms with Gasteiger partial charge in [-0.3, -0.25) is 0 Å². The molecule has 0 fully saturated rings. The van der Waals surface area contributed by atoms with E-state index in [1.54, 1.807) is 0 Å². The summed E-state index contributed by atoms with van der Waals surface area (Å²) in [5.41, 5.74) is 10.5. The lowest BCUT2D eigenvalue weighted by molar-refractivity contribution is 1.12. The smallest absolute Gasteiger partial charge is 0.0320 e. The van der Waals surface area contributed by atoms with Gasteiger partial charge in [0.25, 0.3) is 0 Å². The highest BCUT2D eigenvalue weighted by Crippen LogP contribution is 1.59. The van der Waals surface area contributed by atoms with Gasteiger partial charge in [-0.15, -0.1) is 0 Å². The summed E-state index contributed by atoms with van der Waals surface area (Å²) in [6.45, 7) is 6.22. The van der Waals surface area contributed by atoms with Gasteiger partial charge in [-0.05, 0) is 6.72 Å². The van der Waals surface area contributed by atoms with Crippen LogP contribution in [0.1, 0.15) is 0 Å². The van der Waals surface area contributed by atoms with Crippen molar-refractivity contribution in [2.45, 2.75) is 0 Å². The van der Waals surface area contributed by atoms with Gasteiger partial charge in [0.2, 0.25) is 0 Å². The van der Waals surface area contributed by atoms with E-state index in [4.69, 9.17) is 16.9 Å². The molecule has 0 saturated heterocycles. The van der Waals surface area contributed by atoms with Crippen molar-refractivity contribution in [1.29, 1.82) is 5.41 Å². The van der Waals surface area contributed by atoms with Crippen LogP contribution in [0.5, 0.6) is 0 Å². The number of hydrogen-bond acceptors (Lipinski definition) is 3. The highest BCUT2D eigenvalue weighted by Gasteiger charge is 1.67. The Morgan fingerprint density at radius 1 is 1.57 bits per heavy atom. The minimum absolute atomic E-state index is 0.389. The highest BCUT2D eigenvalue weighted by molar-refractivity contribution is 5.15. The SMILES string of the molecule is C=C(N)CN.C=N. The Balaban J connectivity index is 0. The van der Waals surface area contributed by atoms with Gasteiger partial charge in [0.1, 0.15) is 0 Å². The summed E-state index contributed by atoms with van der Waals surface area (Å²) in [5, 5.41) is 5.50. The number of nitrogens with one attached hydrogen (secondary N) is 1. The number of rotatable bonds is 1. The minimum Gasteiger partial charge on any atom is -0.401 e. The first-order valence-electron chi connectivity index (χ1n) is 1.76. The van der Waals surface area contributed by atoms with E-state index in [1.165, 1.54) is 0 Å². The molecule has 0 aliphatic rings. The monoisotopic (exact) mass is 101 g/mol. The van der Waals surface area contributed by atoms with Crippen LogP contribution in [0.2, 0.25) is 0 Å². The summed E-state index contributed by atoms with van der Waals surface area (Å²) in [7, 11) is 0. The van der Waals surface area contributed by atoms with Crippen molar-refractivity contribution in [3.63, 3.8) is 0 Å². The predicted molar refractivity (Wildman–Crippen MR) is 32.2 cm³/mol. The molecule has 0 unspecified atom stereocenters. The molecule has 0 heterocycles. The topological polar surface area (TPSA) is 75.9 Å². The third kappa shape index (κ3) is 38.0. The highest BCUT2D eigenvalue weighted by atomic mass is 14.7. The molecule has 0 bridgehead atoms. The summed E-state index contributed by atoms with van der Waals surface area (Å²) in [4.78, 5) is 0. The normalized spacial score (nSPS) is 5.86. The number of nitrogens with two attached hydrogens (primary N) is 2. The van der Waals surface area contributed by atoms with Gasteiger partial charge >= 0.3 is 0 Å². The van der Waals surface area contributed by atoms with Crippen LogP contribution in [0, 0.1) is 5.41 Å². The molecule has 0 aromatic carbocycles. The molecule has 42 valence electrons. The van der Waals surface area contributed by atoms with Crippen molar-refractivity contribution in [3.05, 3.63) is 12.3 Å². The molecule has 0 atom stereocenters. The molecule has 3 nitrogen and oxygen atoms in total. The summed E-state index contributed by atoms with van der Waals surface area (Å²) in [6.07, 6.45) is 0. The quantitative estimate of drug-likeness (QED) is 0.396. The molecule has 0 rings (SSSR count). The van der Waals surface area contributed by atoms with Crippen molar-refractivity contribution < 1.29 is 0 Å². The second-order valence-electron chi connectivity index (χ2n) is 0.862. The van der Waals surface area contributed by atoms with Gasteiger partial charge in [-0.25, -0.2) is 0 Å². The molecule has 0 radical (unpaired) electrons. The van der Waals surface area contributed by atoms with Crippen molar-refractivity contribution in [2.75, 3.05) is 6.54 Å². The Morgan fingerprint density at radius 2 is 1.71 bits per heavy atom. The third-order valence-corrected chi connectivity index (χ3v) is 0.262. The first kappa shape index (κ1) is 9.48. The van der Waals surface area contributed by atoms with Gasteiger partial charge in [0.05, 0.1) is 0 Å². The number of hydrogen-bond donors (Lipinski definition) is 3. The Labute approximate surface area is 43.5 Å². The molecular formula is C4H11N3. The van der Waals surface area contributed by atoms with E-state index in [0.717, 1.165) is 0 Å². The van der Waals surface area contributed by atoms with E-state index in [2.05, 4.69) is 13.3 Å². The van der Waals surface area contributed by atoms with Crippen LogP contribution in [-0.4, -0.2) is 13.3 Å². The van der Waals surface area contributed by atoms with Crippen molar-refractivity contribution >= 4 is 6.72 Å². The van der Waals surface area contributed by atoms with Gasteiger partial charge in [0.15, 0.2) is 0 Å². The fraction of sp³-hybridized carbons (Fsp3) is 0.250. The predicted octanol–water partition coefficient (Wildman–Crippen LogP) is -0.317. The van der Waals surface area contributed by atoms with E-state index in [1.807, 2.05) is 0 Å². The third-order valence-electron chi connectivity index (χ3n) is 0.262. The molecular weight excluding hydrogens is 90.1 g/mol. The molecule has 0 aliphatic heterocycles. The van der Waals surface area contributed by atoms with Crippen LogP contribution < -0.4 is 11.5 Å². The average molecular weight is 101 g/mol. The van der Waals surface area contributed by atoms with E-state index in [0.29, 0.717) is 12.2 Å². The lowest BCUT2D eigenvalue weighted by atomic mass is 10.5. The minimum atomic E-state index is 0.389. The maximum atomic E-state index is 5.50. The molecule has 0 amide bonds. The van der Waals surface area contributed by atoms with E-state index in [-0.39, 0.29) is 0 Å². The van der Waals surface area contributed by atoms with E-state index < -0.39 is 0 Å². The second kappa shape index (κ2) is 8.95. The second-order valence-corrected chi connectivity index (χ2v) is 0.862. The zero-order chi connectivity index (χ0) is 6.28. The molecule has 0 spiro atoms. The van der Waals surface area contributed by atoms with Crippen LogP contribution in [0.3, 0.4) is 0 Å². The summed E-state index contributed by atoms with van der Waals surface area (Å²) in [6, 6.07) is 0. The maximum absolute atomic E-state index is 5.50. The van der Waals surface area contributed by atoms with E-state index >= 15 is 0 Å². The summed E-state index contributed by atoms with van der Waals surface area (Å²) in [5.74, 6) is 0. The standard InChI is InChI=1S/C3H8N2.CH3N/c1-3(5)2-4;1-2/h1-2,4-5H2;2H,1H2. The first-order chi connectivity index (χ1) is 3.27. The molecule has 5 N–H and O–H groups in total. The van der Waals surface area contributed by atoms with Crippen LogP contribution in [0.25, 0.3) is 0 Å². The van der Waals surface area contributed by atoms with E-state index in [9.17, 15) is 0 Å². The van der Waals surface area contributed by atoms with Crippen LogP contribution in [0.15, 0.2) is 12.3 Å². The lowest BCUT2D eigenvalue weighted by Crippen LogP contribution is -2.08. The largest absolute Gasteiger partial charge is 0.401 e. The van der Waals surface area contributed by atoms with Gasteiger partial charge in [-0.1, -0.05) is 6.58 Å². The summed E-state index contributed by atoms with van der Waals surface area (Å²) < 4.78 is 0. The Bertz CT molecular complexity index is 50.9. The zero-order valence-electron chi connectivity index (χ0n) is 4.28. The van der Waals surface area contributed by atoms with Gasteiger partial charge in [-0.2, -0.15) is 0 Å². The molecule has 0 aliphatic carbocycles. The fourth-order valence-electron chi connectivity index (χ4n) is 0. The fourth-order valence-corrected chi connectivity index (χ4v) is 0. The molecule has 0 aromatic rings. The van der Waals surface area contributed by atoms with Gasteiger partial charge in [0, 0.05) is 12.2 Å². The zero-order valence-corrected chi connectivity index (χ0v) is 4.28. The van der Waals surface area contributed by atoms with Gasteiger partial charge < -0.3 is 16.9 Å². The van der Waals surface area contributed by atoms with Crippen molar-refractivity contribution in [3.8, 4) is 0 Å². The maximum Gasteiger partial charge on any atom is 0.0320 e. The van der Waals surface area contributed by atoms with Crippen molar-refractivity contribution in [2.24, 2.45) is 11.5 Å².